The van der Waals surface area contributed by atoms with Gasteiger partial charge in [0.2, 0.25) is 12.1 Å². The van der Waals surface area contributed by atoms with Crippen molar-refractivity contribution < 1.29 is 33.0 Å². The smallest absolute Gasteiger partial charge is 0.351 e. The number of carbonyl (C=O) groups is 2. The lowest BCUT2D eigenvalue weighted by atomic mass is 9.97. The molecule has 2 heterocycles. The predicted molar refractivity (Wildman–Crippen MR) is 111 cm³/mol. The predicted octanol–water partition coefficient (Wildman–Crippen LogP) is 2.49. The SMILES string of the molecule is CCCC(CCC)C(=O)Nc1ccn([C@@H]2O[C@H](CO)[C@@H](OC(=O)C(C)C)C2(F)F)c(=O)n1. The fraction of sp³-hybridized carbons (Fsp3) is 0.714. The van der Waals surface area contributed by atoms with Crippen molar-refractivity contribution in [3.8, 4) is 0 Å². The third-order valence-corrected chi connectivity index (χ3v) is 5.22. The Hall–Kier alpha value is -2.40. The Morgan fingerprint density at radius 1 is 1.31 bits per heavy atom. The summed E-state index contributed by atoms with van der Waals surface area (Å²) in [4.78, 5) is 40.4. The molecule has 32 heavy (non-hydrogen) atoms. The van der Waals surface area contributed by atoms with E-state index in [1.165, 1.54) is 19.9 Å². The lowest BCUT2D eigenvalue weighted by Gasteiger charge is -2.24. The highest BCUT2D eigenvalue weighted by atomic mass is 19.3. The monoisotopic (exact) mass is 459 g/mol. The van der Waals surface area contributed by atoms with Gasteiger partial charge in [0, 0.05) is 12.1 Å². The van der Waals surface area contributed by atoms with Gasteiger partial charge in [-0.05, 0) is 18.9 Å². The molecule has 0 aromatic carbocycles. The topological polar surface area (TPSA) is 120 Å². The first-order valence-electron chi connectivity index (χ1n) is 10.8. The number of hydrogen-bond acceptors (Lipinski definition) is 7. The number of hydrogen-bond donors (Lipinski definition) is 2. The maximum atomic E-state index is 15.0. The first-order chi connectivity index (χ1) is 15.1. The van der Waals surface area contributed by atoms with Crippen LogP contribution in [0.1, 0.15) is 59.6 Å². The summed E-state index contributed by atoms with van der Waals surface area (Å²) < 4.78 is 40.6. The maximum absolute atomic E-state index is 15.0. The number of ether oxygens (including phenoxy) is 2. The second-order valence-corrected chi connectivity index (χ2v) is 8.16. The highest BCUT2D eigenvalue weighted by molar-refractivity contribution is 5.91. The summed E-state index contributed by atoms with van der Waals surface area (Å²) in [5.74, 6) is -5.94. The number of aromatic nitrogens is 2. The van der Waals surface area contributed by atoms with Crippen LogP contribution in [0.2, 0.25) is 0 Å². The Kier molecular flexibility index (Phi) is 8.85. The third-order valence-electron chi connectivity index (χ3n) is 5.22. The molecule has 2 N–H and O–H groups in total. The highest BCUT2D eigenvalue weighted by Crippen LogP contribution is 2.44. The van der Waals surface area contributed by atoms with Gasteiger partial charge in [0.15, 0.2) is 6.10 Å². The molecule has 1 saturated heterocycles. The summed E-state index contributed by atoms with van der Waals surface area (Å²) in [5.41, 5.74) is -1.08. The van der Waals surface area contributed by atoms with E-state index in [-0.39, 0.29) is 17.6 Å². The first-order valence-corrected chi connectivity index (χ1v) is 10.8. The van der Waals surface area contributed by atoms with E-state index < -0.39 is 48.5 Å². The van der Waals surface area contributed by atoms with Gasteiger partial charge in [0.25, 0.3) is 0 Å². The van der Waals surface area contributed by atoms with Gasteiger partial charge >= 0.3 is 17.6 Å². The number of aliphatic hydroxyl groups is 1. The van der Waals surface area contributed by atoms with Crippen molar-refractivity contribution >= 4 is 17.7 Å². The van der Waals surface area contributed by atoms with E-state index in [4.69, 9.17) is 9.47 Å². The Bertz CT molecular complexity index is 854. The molecule has 3 atom stereocenters. The van der Waals surface area contributed by atoms with Gasteiger partial charge in [-0.3, -0.25) is 14.2 Å². The zero-order valence-corrected chi connectivity index (χ0v) is 18.7. The van der Waals surface area contributed by atoms with Gasteiger partial charge in [-0.15, -0.1) is 0 Å². The molecule has 0 bridgehead atoms. The van der Waals surface area contributed by atoms with Gasteiger partial charge in [-0.2, -0.15) is 13.8 Å². The minimum absolute atomic E-state index is 0.0590. The van der Waals surface area contributed by atoms with Crippen LogP contribution in [0.25, 0.3) is 0 Å². The number of nitrogens with one attached hydrogen (secondary N) is 1. The van der Waals surface area contributed by atoms with Crippen LogP contribution < -0.4 is 11.0 Å². The molecular formula is C21H31F2N3O6. The number of nitrogens with zero attached hydrogens (tertiary/aromatic N) is 2. The average Bonchev–Trinajstić information content (AvgIpc) is 2.97. The summed E-state index contributed by atoms with van der Waals surface area (Å²) in [6.07, 6.45) is -1.71. The van der Waals surface area contributed by atoms with Crippen LogP contribution in [-0.4, -0.2) is 51.3 Å². The molecule has 0 saturated carbocycles. The van der Waals surface area contributed by atoms with Crippen LogP contribution in [0.3, 0.4) is 0 Å². The molecule has 0 radical (unpaired) electrons. The molecule has 0 unspecified atom stereocenters. The molecule has 1 aliphatic heterocycles. The van der Waals surface area contributed by atoms with Gasteiger partial charge < -0.3 is 19.9 Å². The fourth-order valence-electron chi connectivity index (χ4n) is 3.51. The van der Waals surface area contributed by atoms with E-state index in [9.17, 15) is 19.5 Å². The number of esters is 1. The number of amides is 1. The molecule has 180 valence electrons. The van der Waals surface area contributed by atoms with Crippen LogP contribution in [-0.2, 0) is 19.1 Å². The van der Waals surface area contributed by atoms with Gasteiger partial charge in [-0.25, -0.2) is 4.79 Å². The van der Waals surface area contributed by atoms with E-state index in [1.807, 2.05) is 13.8 Å². The zero-order chi connectivity index (χ0) is 24.1. The third kappa shape index (κ3) is 5.69. The van der Waals surface area contributed by atoms with Crippen molar-refractivity contribution in [2.45, 2.75) is 77.7 Å². The van der Waals surface area contributed by atoms with Gasteiger partial charge in [0.05, 0.1) is 12.5 Å². The minimum atomic E-state index is -3.80. The van der Waals surface area contributed by atoms with Crippen molar-refractivity contribution in [1.29, 1.82) is 0 Å². The first kappa shape index (κ1) is 25.9. The van der Waals surface area contributed by atoms with Crippen molar-refractivity contribution in [2.75, 3.05) is 11.9 Å². The second-order valence-electron chi connectivity index (χ2n) is 8.16. The minimum Gasteiger partial charge on any atom is -0.453 e. The highest BCUT2D eigenvalue weighted by Gasteiger charge is 2.62. The number of carbonyl (C=O) groups excluding carboxylic acids is 2. The number of anilines is 1. The van der Waals surface area contributed by atoms with Crippen LogP contribution in [0.15, 0.2) is 17.1 Å². The van der Waals surface area contributed by atoms with Gasteiger partial charge in [0.1, 0.15) is 11.9 Å². The molecular weight excluding hydrogens is 428 g/mol. The Balaban J connectivity index is 2.24. The molecule has 2 rings (SSSR count). The molecule has 1 amide bonds. The van der Waals surface area contributed by atoms with E-state index in [0.29, 0.717) is 17.4 Å². The van der Waals surface area contributed by atoms with Crippen molar-refractivity contribution in [3.63, 3.8) is 0 Å². The zero-order valence-electron chi connectivity index (χ0n) is 18.7. The molecule has 1 aromatic heterocycles. The number of alkyl halides is 2. The summed E-state index contributed by atoms with van der Waals surface area (Å²) in [5, 5.41) is 12.0. The Morgan fingerprint density at radius 3 is 2.44 bits per heavy atom. The summed E-state index contributed by atoms with van der Waals surface area (Å²) in [7, 11) is 0. The fourth-order valence-corrected chi connectivity index (χ4v) is 3.51. The molecule has 0 spiro atoms. The lowest BCUT2D eigenvalue weighted by molar-refractivity contribution is -0.179. The maximum Gasteiger partial charge on any atom is 0.351 e. The largest absolute Gasteiger partial charge is 0.453 e. The molecule has 1 aromatic rings. The van der Waals surface area contributed by atoms with Crippen LogP contribution in [0, 0.1) is 11.8 Å². The average molecular weight is 459 g/mol. The van der Waals surface area contributed by atoms with Gasteiger partial charge in [-0.1, -0.05) is 40.5 Å². The van der Waals surface area contributed by atoms with Crippen molar-refractivity contribution in [1.82, 2.24) is 9.55 Å². The summed E-state index contributed by atoms with van der Waals surface area (Å²) in [6, 6.07) is 1.22. The summed E-state index contributed by atoms with van der Waals surface area (Å²) >= 11 is 0. The number of rotatable bonds is 10. The van der Waals surface area contributed by atoms with E-state index in [0.717, 1.165) is 19.0 Å². The van der Waals surface area contributed by atoms with Crippen LogP contribution in [0.4, 0.5) is 14.6 Å². The lowest BCUT2D eigenvalue weighted by Crippen LogP contribution is -2.45. The molecule has 11 heteroatoms. The molecule has 1 aliphatic rings. The van der Waals surface area contributed by atoms with E-state index >= 15 is 8.78 Å². The van der Waals surface area contributed by atoms with Crippen LogP contribution in [0.5, 0.6) is 0 Å². The van der Waals surface area contributed by atoms with E-state index in [1.54, 1.807) is 0 Å². The quantitative estimate of drug-likeness (QED) is 0.516. The van der Waals surface area contributed by atoms with Crippen LogP contribution >= 0.6 is 0 Å². The summed E-state index contributed by atoms with van der Waals surface area (Å²) in [6.45, 7) is 6.04. The molecule has 9 nitrogen and oxygen atoms in total. The second kappa shape index (κ2) is 11.0. The standard InChI is InChI=1S/C21H31F2N3O6/c1-5-7-13(8-6-2)17(28)24-15-9-10-26(20(30)25-15)19-21(22,23)16(14(11-27)31-19)32-18(29)12(3)4/h9-10,12-14,16,19,27H,5-8,11H2,1-4H3,(H,24,25,28,30)/t14-,16-,19-/m1/s1. The number of halogens is 2. The van der Waals surface area contributed by atoms with Crippen molar-refractivity contribution in [3.05, 3.63) is 22.7 Å². The van der Waals surface area contributed by atoms with E-state index in [2.05, 4.69) is 10.3 Å². The Labute approximate surface area is 185 Å². The van der Waals surface area contributed by atoms with Crippen molar-refractivity contribution in [2.24, 2.45) is 11.8 Å². The normalized spacial score (nSPS) is 22.3. The Morgan fingerprint density at radius 2 is 1.94 bits per heavy atom. The number of aliphatic hydroxyl groups excluding tert-OH is 1. The molecule has 1 fully saturated rings. The molecule has 0 aliphatic carbocycles.